The second-order valence-corrected chi connectivity index (χ2v) is 12.4. The van der Waals surface area contributed by atoms with E-state index in [0.29, 0.717) is 34.7 Å². The lowest BCUT2D eigenvalue weighted by atomic mass is 10.0. The van der Waals surface area contributed by atoms with Crippen molar-refractivity contribution in [2.45, 2.75) is 50.9 Å². The molecule has 4 aromatic rings. The molecule has 2 aromatic heterocycles. The fraction of sp³-hybridized carbons (Fsp3) is 0.344. The zero-order chi connectivity index (χ0) is 32.5. The summed E-state index contributed by atoms with van der Waals surface area (Å²) in [5.41, 5.74) is 4.18. The minimum Gasteiger partial charge on any atom is -0.480 e. The number of rotatable bonds is 9. The Bertz CT molecular complexity index is 1820. The molecule has 2 atom stereocenters. The first-order chi connectivity index (χ1) is 22.1. The molecule has 2 aromatic carbocycles. The molecular formula is C32H34Cl2N8O4. The van der Waals surface area contributed by atoms with E-state index in [1.807, 2.05) is 24.8 Å². The Morgan fingerprint density at radius 3 is 1.91 bits per heavy atom. The van der Waals surface area contributed by atoms with Gasteiger partial charge in [0.1, 0.15) is 0 Å². The minimum atomic E-state index is -0.952. The van der Waals surface area contributed by atoms with Gasteiger partial charge < -0.3 is 20.6 Å². The number of carboxylic acid groups (broad SMARTS) is 1. The molecule has 2 aliphatic heterocycles. The van der Waals surface area contributed by atoms with E-state index in [1.54, 1.807) is 47.1 Å². The normalized spacial score (nSPS) is 17.3. The molecule has 12 nitrogen and oxygen atoms in total. The van der Waals surface area contributed by atoms with Crippen LogP contribution in [-0.4, -0.2) is 68.0 Å². The molecular weight excluding hydrogens is 631 g/mol. The van der Waals surface area contributed by atoms with Crippen molar-refractivity contribution in [2.24, 2.45) is 0 Å². The van der Waals surface area contributed by atoms with Crippen LogP contribution in [0.1, 0.15) is 70.1 Å². The van der Waals surface area contributed by atoms with Crippen LogP contribution in [0.2, 0.25) is 10.0 Å². The highest BCUT2D eigenvalue weighted by Gasteiger charge is 2.27. The van der Waals surface area contributed by atoms with Crippen molar-refractivity contribution in [3.63, 3.8) is 0 Å². The van der Waals surface area contributed by atoms with Crippen LogP contribution in [0.15, 0.2) is 48.5 Å². The number of amides is 2. The van der Waals surface area contributed by atoms with Gasteiger partial charge >= 0.3 is 5.97 Å². The van der Waals surface area contributed by atoms with E-state index in [4.69, 9.17) is 28.3 Å². The van der Waals surface area contributed by atoms with Crippen molar-refractivity contribution in [3.8, 4) is 11.1 Å². The van der Waals surface area contributed by atoms with Gasteiger partial charge in [0.25, 0.3) is 11.8 Å². The molecule has 4 heterocycles. The molecule has 0 radical (unpaired) electrons. The molecule has 6 rings (SSSR count). The van der Waals surface area contributed by atoms with E-state index in [2.05, 4.69) is 31.0 Å². The van der Waals surface area contributed by atoms with Crippen LogP contribution >= 0.6 is 23.2 Å². The number of anilines is 2. The number of hydrogen-bond donors (Lipinski definition) is 4. The number of aryl methyl sites for hydroxylation is 2. The van der Waals surface area contributed by atoms with Crippen LogP contribution < -0.4 is 16.0 Å². The van der Waals surface area contributed by atoms with Crippen LogP contribution in [0.3, 0.4) is 0 Å². The Hall–Kier alpha value is -4.23. The van der Waals surface area contributed by atoms with Crippen LogP contribution in [0.4, 0.5) is 11.4 Å². The van der Waals surface area contributed by atoms with E-state index in [0.717, 1.165) is 43.6 Å². The fourth-order valence-electron chi connectivity index (χ4n) is 6.15. The lowest BCUT2D eigenvalue weighted by Crippen LogP contribution is -2.31. The Balaban J connectivity index is 1.20. The van der Waals surface area contributed by atoms with Crippen LogP contribution in [0.25, 0.3) is 11.1 Å². The molecule has 2 aliphatic rings. The number of fused-ring (bicyclic) bond motifs is 2. The van der Waals surface area contributed by atoms with Crippen molar-refractivity contribution in [2.75, 3.05) is 31.3 Å². The maximum absolute atomic E-state index is 13.3. The maximum atomic E-state index is 13.3. The molecule has 0 aliphatic carbocycles. The van der Waals surface area contributed by atoms with Crippen LogP contribution in [-0.2, 0) is 17.9 Å². The number of carbonyl (C=O) groups is 3. The second kappa shape index (κ2) is 13.2. The Morgan fingerprint density at radius 2 is 1.37 bits per heavy atom. The molecule has 240 valence electrons. The lowest BCUT2D eigenvalue weighted by Gasteiger charge is -2.28. The first-order valence-corrected chi connectivity index (χ1v) is 15.8. The largest absolute Gasteiger partial charge is 0.480 e. The van der Waals surface area contributed by atoms with Crippen molar-refractivity contribution in [3.05, 3.63) is 81.4 Å². The van der Waals surface area contributed by atoms with Crippen LogP contribution in [0.5, 0.6) is 0 Å². The minimum absolute atomic E-state index is 0.185. The van der Waals surface area contributed by atoms with Crippen LogP contribution in [0, 0.1) is 0 Å². The standard InChI is InChI=1S/C32H34Cl2N8O4/c1-40(2)25-12-6-14-42-27(25)16-24(39-42)32(46)37-22-10-4-8-19(30(22)34)18-7-3-9-21(29(18)33)36-31(45)23-15-26-20(35-17-28(43)44)11-5-13-41(26)38-23/h3-4,7-10,15-16,20,25,35H,5-6,11-14,17H2,1-2H3,(H,36,45)(H,37,46)(H,43,44)/t20-,25-/m0/s1. The molecule has 0 unspecified atom stereocenters. The van der Waals surface area contributed by atoms with Gasteiger partial charge in [0.05, 0.1) is 45.4 Å². The summed E-state index contributed by atoms with van der Waals surface area (Å²) in [5.74, 6) is -1.77. The summed E-state index contributed by atoms with van der Waals surface area (Å²) in [7, 11) is 4.04. The SMILES string of the molecule is CN(C)[C@H]1CCCn2nc(C(=O)Nc3cccc(-c4cccc(NC(=O)c5cc6n(n5)CCC[C@@H]6NCC(=O)O)c4Cl)c3Cl)cc21. The smallest absolute Gasteiger partial charge is 0.317 e. The highest BCUT2D eigenvalue weighted by Crippen LogP contribution is 2.40. The van der Waals surface area contributed by atoms with Gasteiger partial charge in [-0.15, -0.1) is 0 Å². The summed E-state index contributed by atoms with van der Waals surface area (Å²) >= 11 is 13.7. The second-order valence-electron chi connectivity index (χ2n) is 11.7. The predicted molar refractivity (Wildman–Crippen MR) is 176 cm³/mol. The first kappa shape index (κ1) is 31.7. The summed E-state index contributed by atoms with van der Waals surface area (Å²) in [4.78, 5) is 39.7. The molecule has 0 bridgehead atoms. The molecule has 2 amide bonds. The van der Waals surface area contributed by atoms with Gasteiger partial charge in [-0.05, 0) is 64.0 Å². The van der Waals surface area contributed by atoms with Crippen molar-refractivity contribution < 1.29 is 19.5 Å². The Labute approximate surface area is 275 Å². The molecule has 0 saturated heterocycles. The van der Waals surface area contributed by atoms with Gasteiger partial charge in [-0.2, -0.15) is 10.2 Å². The molecule has 4 N–H and O–H groups in total. The summed E-state index contributed by atoms with van der Waals surface area (Å²) in [5, 5.41) is 27.4. The third kappa shape index (κ3) is 6.38. The average molecular weight is 666 g/mol. The molecule has 0 spiro atoms. The number of carboxylic acids is 1. The zero-order valence-corrected chi connectivity index (χ0v) is 26.9. The van der Waals surface area contributed by atoms with Gasteiger partial charge in [-0.3, -0.25) is 29.1 Å². The van der Waals surface area contributed by atoms with E-state index in [9.17, 15) is 14.4 Å². The molecule has 0 fully saturated rings. The number of hydrogen-bond acceptors (Lipinski definition) is 7. The number of aromatic nitrogens is 4. The fourth-order valence-corrected chi connectivity index (χ4v) is 6.70. The zero-order valence-electron chi connectivity index (χ0n) is 25.4. The van der Waals surface area contributed by atoms with Gasteiger partial charge in [-0.1, -0.05) is 47.5 Å². The number of nitrogens with zero attached hydrogens (tertiary/aromatic N) is 5. The van der Waals surface area contributed by atoms with Gasteiger partial charge in [-0.25, -0.2) is 0 Å². The van der Waals surface area contributed by atoms with Gasteiger partial charge in [0.2, 0.25) is 0 Å². The van der Waals surface area contributed by atoms with Gasteiger partial charge in [0, 0.05) is 30.3 Å². The quantitative estimate of drug-likeness (QED) is 0.184. The third-order valence-corrected chi connectivity index (χ3v) is 9.22. The molecule has 14 heteroatoms. The summed E-state index contributed by atoms with van der Waals surface area (Å²) in [6.45, 7) is 1.22. The highest BCUT2D eigenvalue weighted by atomic mass is 35.5. The number of halogens is 2. The van der Waals surface area contributed by atoms with Crippen molar-refractivity contribution >= 4 is 52.4 Å². The monoisotopic (exact) mass is 664 g/mol. The summed E-state index contributed by atoms with van der Waals surface area (Å²) < 4.78 is 3.63. The lowest BCUT2D eigenvalue weighted by molar-refractivity contribution is -0.136. The first-order valence-electron chi connectivity index (χ1n) is 15.1. The maximum Gasteiger partial charge on any atom is 0.317 e. The highest BCUT2D eigenvalue weighted by molar-refractivity contribution is 6.40. The van der Waals surface area contributed by atoms with Crippen molar-refractivity contribution in [1.29, 1.82) is 0 Å². The summed E-state index contributed by atoms with van der Waals surface area (Å²) in [6.07, 6.45) is 3.55. The number of carbonyl (C=O) groups excluding carboxylic acids is 2. The number of nitrogens with one attached hydrogen (secondary N) is 3. The third-order valence-electron chi connectivity index (χ3n) is 8.40. The topological polar surface area (TPSA) is 146 Å². The predicted octanol–water partition coefficient (Wildman–Crippen LogP) is 5.46. The molecule has 0 saturated carbocycles. The van der Waals surface area contributed by atoms with Gasteiger partial charge in [0.15, 0.2) is 11.4 Å². The number of aliphatic carboxylic acids is 1. The van der Waals surface area contributed by atoms with E-state index >= 15 is 0 Å². The molecule has 46 heavy (non-hydrogen) atoms. The number of benzene rings is 2. The summed E-state index contributed by atoms with van der Waals surface area (Å²) in [6, 6.07) is 14.0. The van der Waals surface area contributed by atoms with E-state index in [1.165, 1.54) is 0 Å². The van der Waals surface area contributed by atoms with E-state index < -0.39 is 11.9 Å². The van der Waals surface area contributed by atoms with E-state index in [-0.39, 0.29) is 40.3 Å². The van der Waals surface area contributed by atoms with Crippen molar-refractivity contribution in [1.82, 2.24) is 29.8 Å². The Morgan fingerprint density at radius 1 is 0.848 bits per heavy atom. The Kier molecular flexibility index (Phi) is 9.14. The average Bonchev–Trinajstić information content (AvgIpc) is 3.67.